The predicted molar refractivity (Wildman–Crippen MR) is 119 cm³/mol. The number of nitrogens with one attached hydrogen (secondary N) is 1. The Bertz CT molecular complexity index is 518. The van der Waals surface area contributed by atoms with Gasteiger partial charge in [-0.2, -0.15) is 0 Å². The van der Waals surface area contributed by atoms with Crippen molar-refractivity contribution < 1.29 is 29.2 Å². The Kier molecular flexibility index (Phi) is 9.65. The molecule has 1 aliphatic rings. The lowest BCUT2D eigenvalue weighted by Crippen LogP contribution is -2.46. The number of aliphatic hydroxyl groups is 2. The average molecular weight is 453 g/mol. The molecular formula is C15H31BNO6S2Si2. The Balaban J connectivity index is 2.59. The number of hydrogen-bond acceptors (Lipinski definition) is 8. The number of thiocarbonyl (C=S) groups is 2. The van der Waals surface area contributed by atoms with E-state index in [9.17, 15) is 10.2 Å². The van der Waals surface area contributed by atoms with E-state index >= 15 is 0 Å². The van der Waals surface area contributed by atoms with Crippen LogP contribution in [0.5, 0.6) is 0 Å². The van der Waals surface area contributed by atoms with Crippen molar-refractivity contribution in [3.05, 3.63) is 0 Å². The van der Waals surface area contributed by atoms with Crippen LogP contribution in [0.25, 0.3) is 0 Å². The largest absolute Gasteiger partial charge is 0.476 e. The summed E-state index contributed by atoms with van der Waals surface area (Å²) >= 11 is 10.3. The van der Waals surface area contributed by atoms with Crippen LogP contribution in [-0.2, 0) is 18.9 Å². The van der Waals surface area contributed by atoms with Gasteiger partial charge in [0.1, 0.15) is 12.2 Å². The standard InChI is InChI=1S/C15H31BNO6S2Si2/c1-26(2,3)8-20-14(24)17-16-13-12(11(19)10(7-18)22-13)23-15(25)21-9-27(4,5)6/h10-13,18-19H,7-9H2,1-6H3,(H,17,24)/t10-,11+,12?,13-/m1/s1. The fourth-order valence-electron chi connectivity index (χ4n) is 2.08. The maximum atomic E-state index is 10.3. The first kappa shape index (κ1) is 24.8. The van der Waals surface area contributed by atoms with E-state index in [0.717, 1.165) is 0 Å². The lowest BCUT2D eigenvalue weighted by Gasteiger charge is -2.24. The van der Waals surface area contributed by atoms with Gasteiger partial charge in [-0.25, -0.2) is 0 Å². The summed E-state index contributed by atoms with van der Waals surface area (Å²) in [6.07, 6.45) is -1.55. The van der Waals surface area contributed by atoms with Crippen molar-refractivity contribution in [2.24, 2.45) is 0 Å². The number of rotatable bonds is 8. The highest BCUT2D eigenvalue weighted by atomic mass is 32.1. The summed E-state index contributed by atoms with van der Waals surface area (Å²) in [6, 6.07) is -0.681. The summed E-state index contributed by atoms with van der Waals surface area (Å²) in [5.41, 5.74) is 0. The summed E-state index contributed by atoms with van der Waals surface area (Å²) in [5.74, 6) is 0. The fourth-order valence-corrected chi connectivity index (χ4v) is 3.73. The second-order valence-electron chi connectivity index (χ2n) is 8.94. The summed E-state index contributed by atoms with van der Waals surface area (Å²) in [5, 5.41) is 22.8. The van der Waals surface area contributed by atoms with E-state index < -0.39 is 40.5 Å². The first-order valence-electron chi connectivity index (χ1n) is 8.87. The topological polar surface area (TPSA) is 89.4 Å². The van der Waals surface area contributed by atoms with Gasteiger partial charge in [0.05, 0.1) is 41.2 Å². The van der Waals surface area contributed by atoms with Crippen LogP contribution < -0.4 is 5.23 Å². The highest BCUT2D eigenvalue weighted by Gasteiger charge is 2.46. The van der Waals surface area contributed by atoms with Crippen LogP contribution in [0.2, 0.25) is 39.3 Å². The fraction of sp³-hybridized carbons (Fsp3) is 0.867. The number of aliphatic hydroxyl groups excluding tert-OH is 2. The quantitative estimate of drug-likeness (QED) is 0.369. The SMILES string of the molecule is C[Si](C)(C)COC(=S)N[B][C@@H]1O[C@H](CO)[C@H](O)C1OC(=S)OC[Si](C)(C)C. The van der Waals surface area contributed by atoms with E-state index in [1.54, 1.807) is 0 Å². The summed E-state index contributed by atoms with van der Waals surface area (Å²) in [7, 11) is -1.31. The van der Waals surface area contributed by atoms with Crippen molar-refractivity contribution in [3.63, 3.8) is 0 Å². The minimum Gasteiger partial charge on any atom is -0.476 e. The van der Waals surface area contributed by atoms with Crippen molar-refractivity contribution in [3.8, 4) is 0 Å². The Hall–Kier alpha value is -0.241. The third kappa shape index (κ3) is 9.68. The van der Waals surface area contributed by atoms with Crippen molar-refractivity contribution in [2.45, 2.75) is 63.6 Å². The molecule has 0 bridgehead atoms. The molecule has 0 aromatic heterocycles. The molecule has 0 spiro atoms. The van der Waals surface area contributed by atoms with Gasteiger partial charge in [-0.3, -0.25) is 0 Å². The van der Waals surface area contributed by atoms with E-state index in [1.165, 1.54) is 7.41 Å². The summed E-state index contributed by atoms with van der Waals surface area (Å²) in [6.45, 7) is 12.6. The van der Waals surface area contributed by atoms with Crippen molar-refractivity contribution >= 4 is 58.4 Å². The molecule has 3 N–H and O–H groups in total. The van der Waals surface area contributed by atoms with Crippen LogP contribution in [0.3, 0.4) is 0 Å². The molecular weight excluding hydrogens is 421 g/mol. The highest BCUT2D eigenvalue weighted by Crippen LogP contribution is 2.23. The molecule has 0 aromatic carbocycles. The first-order chi connectivity index (χ1) is 12.3. The molecule has 0 aliphatic carbocycles. The minimum absolute atomic E-state index is 0.0420. The van der Waals surface area contributed by atoms with Crippen LogP contribution >= 0.6 is 24.4 Å². The van der Waals surface area contributed by atoms with Crippen LogP contribution in [0.4, 0.5) is 0 Å². The smallest absolute Gasteiger partial charge is 0.352 e. The molecule has 1 saturated heterocycles. The van der Waals surface area contributed by atoms with E-state index in [4.69, 9.17) is 43.4 Å². The van der Waals surface area contributed by atoms with E-state index in [0.29, 0.717) is 12.5 Å². The summed E-state index contributed by atoms with van der Waals surface area (Å²) in [4.78, 5) is 0. The molecule has 0 aromatic rings. The molecule has 155 valence electrons. The second kappa shape index (κ2) is 10.5. The van der Waals surface area contributed by atoms with Crippen LogP contribution in [-0.4, -0.2) is 87.6 Å². The highest BCUT2D eigenvalue weighted by molar-refractivity contribution is 7.80. The Morgan fingerprint density at radius 3 is 2.15 bits per heavy atom. The van der Waals surface area contributed by atoms with Gasteiger partial charge in [-0.1, -0.05) is 39.3 Å². The maximum absolute atomic E-state index is 10.3. The minimum atomic E-state index is -1.46. The Morgan fingerprint density at radius 1 is 1.07 bits per heavy atom. The van der Waals surface area contributed by atoms with E-state index in [2.05, 4.69) is 44.5 Å². The van der Waals surface area contributed by atoms with Gasteiger partial charge >= 0.3 is 5.24 Å². The van der Waals surface area contributed by atoms with Gasteiger partial charge in [0, 0.05) is 12.2 Å². The zero-order chi connectivity index (χ0) is 20.8. The van der Waals surface area contributed by atoms with Gasteiger partial charge in [-0.05, 0) is 12.2 Å². The monoisotopic (exact) mass is 452 g/mol. The summed E-state index contributed by atoms with van der Waals surface area (Å²) < 4.78 is 22.3. The van der Waals surface area contributed by atoms with Gasteiger partial charge in [-0.15, -0.1) is 0 Å². The lowest BCUT2D eigenvalue weighted by atomic mass is 9.81. The van der Waals surface area contributed by atoms with Gasteiger partial charge in [0.2, 0.25) is 5.17 Å². The van der Waals surface area contributed by atoms with E-state index in [-0.39, 0.29) is 17.0 Å². The van der Waals surface area contributed by atoms with Crippen LogP contribution in [0.15, 0.2) is 0 Å². The molecule has 0 saturated carbocycles. The molecule has 1 rings (SSSR count). The third-order valence-corrected chi connectivity index (χ3v) is 5.88. The first-order valence-corrected chi connectivity index (χ1v) is 17.1. The molecule has 1 aliphatic heterocycles. The molecule has 0 amide bonds. The predicted octanol–water partition coefficient (Wildman–Crippen LogP) is 1.02. The molecule has 7 nitrogen and oxygen atoms in total. The average Bonchev–Trinajstić information content (AvgIpc) is 2.83. The van der Waals surface area contributed by atoms with E-state index in [1.807, 2.05) is 0 Å². The molecule has 1 radical (unpaired) electrons. The van der Waals surface area contributed by atoms with Gasteiger partial charge < -0.3 is 34.4 Å². The second-order valence-corrected chi connectivity index (χ2v) is 20.5. The van der Waals surface area contributed by atoms with Crippen LogP contribution in [0.1, 0.15) is 0 Å². The van der Waals surface area contributed by atoms with Crippen LogP contribution in [0, 0.1) is 0 Å². The Morgan fingerprint density at radius 2 is 1.63 bits per heavy atom. The molecule has 1 fully saturated rings. The number of hydrogen-bond donors (Lipinski definition) is 3. The maximum Gasteiger partial charge on any atom is 0.352 e. The van der Waals surface area contributed by atoms with Crippen molar-refractivity contribution in [2.75, 3.05) is 19.1 Å². The Labute approximate surface area is 175 Å². The number of ether oxygens (including phenoxy) is 4. The van der Waals surface area contributed by atoms with Crippen molar-refractivity contribution in [1.29, 1.82) is 0 Å². The molecule has 27 heavy (non-hydrogen) atoms. The van der Waals surface area contributed by atoms with Crippen molar-refractivity contribution in [1.82, 2.24) is 5.23 Å². The zero-order valence-electron chi connectivity index (χ0n) is 16.9. The molecule has 4 atom stereocenters. The zero-order valence-corrected chi connectivity index (χ0v) is 20.5. The molecule has 1 heterocycles. The van der Waals surface area contributed by atoms with Gasteiger partial charge in [0.25, 0.3) is 7.41 Å². The normalized spacial score (nSPS) is 25.6. The third-order valence-electron chi connectivity index (χ3n) is 3.41. The lowest BCUT2D eigenvalue weighted by molar-refractivity contribution is -0.00977. The molecule has 1 unspecified atom stereocenters. The molecule has 12 heteroatoms. The van der Waals surface area contributed by atoms with Gasteiger partial charge in [0.15, 0.2) is 6.10 Å².